The smallest absolute Gasteiger partial charge is 0.255 e. The lowest BCUT2D eigenvalue weighted by Crippen LogP contribution is -2.52. The van der Waals surface area contributed by atoms with Crippen LogP contribution < -0.4 is 16.0 Å². The van der Waals surface area contributed by atoms with Gasteiger partial charge in [0.15, 0.2) is 0 Å². The van der Waals surface area contributed by atoms with Crippen LogP contribution in [0.4, 0.5) is 5.82 Å². The highest BCUT2D eigenvalue weighted by molar-refractivity contribution is 6.29. The average molecular weight is 483 g/mol. The van der Waals surface area contributed by atoms with E-state index in [-0.39, 0.29) is 30.3 Å². The third-order valence-corrected chi connectivity index (χ3v) is 7.23. The maximum atomic E-state index is 13.5. The summed E-state index contributed by atoms with van der Waals surface area (Å²) in [6, 6.07) is 5.57. The second-order valence-electron chi connectivity index (χ2n) is 9.25. The average Bonchev–Trinajstić information content (AvgIpc) is 3.15. The number of hydrogen-bond donors (Lipinski definition) is 2. The Bertz CT molecular complexity index is 1130. The zero-order valence-corrected chi connectivity index (χ0v) is 19.5. The van der Waals surface area contributed by atoms with Crippen molar-refractivity contribution in [2.24, 2.45) is 5.73 Å². The number of carbonyl (C=O) groups is 3. The number of nitrogens with zero attached hydrogens (tertiary/aromatic N) is 4. The minimum Gasteiger partial charge on any atom is -0.348 e. The van der Waals surface area contributed by atoms with Crippen molar-refractivity contribution in [2.45, 2.75) is 69.7 Å². The van der Waals surface area contributed by atoms with Gasteiger partial charge in [0, 0.05) is 37.2 Å². The highest BCUT2D eigenvalue weighted by Gasteiger charge is 2.40. The van der Waals surface area contributed by atoms with E-state index in [0.29, 0.717) is 36.0 Å². The van der Waals surface area contributed by atoms with E-state index in [1.165, 1.54) is 6.20 Å². The third-order valence-electron chi connectivity index (χ3n) is 7.05. The molecule has 0 bridgehead atoms. The Morgan fingerprint density at radius 1 is 1.12 bits per heavy atom. The summed E-state index contributed by atoms with van der Waals surface area (Å²) in [5, 5.41) is 2.67. The van der Waals surface area contributed by atoms with E-state index in [4.69, 9.17) is 17.3 Å². The van der Waals surface area contributed by atoms with Crippen LogP contribution >= 0.6 is 11.6 Å². The fourth-order valence-corrected chi connectivity index (χ4v) is 5.43. The summed E-state index contributed by atoms with van der Waals surface area (Å²) in [4.78, 5) is 50.0. The van der Waals surface area contributed by atoms with Gasteiger partial charge >= 0.3 is 0 Å². The predicted octanol–water partition coefficient (Wildman–Crippen LogP) is 2.17. The number of piperidine rings is 1. The molecule has 2 fully saturated rings. The molecule has 1 aliphatic carbocycles. The zero-order chi connectivity index (χ0) is 23.8. The molecule has 5 rings (SSSR count). The maximum Gasteiger partial charge on any atom is 0.255 e. The first kappa shape index (κ1) is 22.7. The number of aromatic nitrogens is 2. The Hall–Kier alpha value is -3.04. The molecule has 1 unspecified atom stereocenters. The molecule has 1 saturated heterocycles. The lowest BCUT2D eigenvalue weighted by molar-refractivity contribution is -0.136. The maximum absolute atomic E-state index is 13.5. The Balaban J connectivity index is 1.44. The van der Waals surface area contributed by atoms with Gasteiger partial charge in [0.1, 0.15) is 17.0 Å². The van der Waals surface area contributed by atoms with Crippen LogP contribution in [0.5, 0.6) is 0 Å². The van der Waals surface area contributed by atoms with E-state index >= 15 is 0 Å². The van der Waals surface area contributed by atoms with Gasteiger partial charge in [0.2, 0.25) is 11.8 Å². The molecule has 1 saturated carbocycles. The van der Waals surface area contributed by atoms with Crippen molar-refractivity contribution in [2.75, 3.05) is 4.90 Å². The molecular weight excluding hydrogens is 456 g/mol. The molecule has 3 amide bonds. The second kappa shape index (κ2) is 9.31. The summed E-state index contributed by atoms with van der Waals surface area (Å²) >= 11 is 6.16. The summed E-state index contributed by atoms with van der Waals surface area (Å²) in [6.07, 6.45) is 7.44. The normalized spacial score (nSPS) is 24.7. The van der Waals surface area contributed by atoms with E-state index in [1.54, 1.807) is 11.1 Å². The first-order valence-electron chi connectivity index (χ1n) is 11.7. The van der Waals surface area contributed by atoms with Gasteiger partial charge in [0.25, 0.3) is 5.91 Å². The first-order chi connectivity index (χ1) is 16.4. The van der Waals surface area contributed by atoms with Crippen molar-refractivity contribution < 1.29 is 14.4 Å². The highest BCUT2D eigenvalue weighted by atomic mass is 35.5. The lowest BCUT2D eigenvalue weighted by Gasteiger charge is -2.37. The molecule has 10 heteroatoms. The minimum atomic E-state index is -0.639. The molecule has 3 N–H and O–H groups in total. The van der Waals surface area contributed by atoms with Crippen molar-refractivity contribution in [3.63, 3.8) is 0 Å². The van der Waals surface area contributed by atoms with Gasteiger partial charge in [-0.25, -0.2) is 4.98 Å². The van der Waals surface area contributed by atoms with Crippen LogP contribution in [0.15, 0.2) is 30.6 Å². The Morgan fingerprint density at radius 3 is 2.65 bits per heavy atom. The molecule has 1 atom stereocenters. The van der Waals surface area contributed by atoms with Gasteiger partial charge < -0.3 is 15.5 Å². The number of amides is 3. The van der Waals surface area contributed by atoms with Gasteiger partial charge in [0.05, 0.1) is 12.4 Å². The van der Waals surface area contributed by atoms with Crippen LogP contribution in [-0.2, 0) is 22.7 Å². The fourth-order valence-electron chi connectivity index (χ4n) is 5.29. The number of anilines is 1. The molecule has 34 heavy (non-hydrogen) atoms. The number of fused-ring (bicyclic) bond motifs is 1. The fraction of sp³-hybridized carbons (Fsp3) is 0.458. The molecule has 3 aliphatic rings. The third kappa shape index (κ3) is 4.37. The highest BCUT2D eigenvalue weighted by Crippen LogP contribution is 2.33. The molecule has 9 nitrogen and oxygen atoms in total. The number of imide groups is 1. The summed E-state index contributed by atoms with van der Waals surface area (Å²) in [5.41, 5.74) is 8.52. The first-order valence-corrected chi connectivity index (χ1v) is 12.0. The van der Waals surface area contributed by atoms with Crippen molar-refractivity contribution in [1.82, 2.24) is 20.2 Å². The van der Waals surface area contributed by atoms with Crippen LogP contribution in [0.3, 0.4) is 0 Å². The van der Waals surface area contributed by atoms with E-state index in [0.717, 1.165) is 36.8 Å². The van der Waals surface area contributed by atoms with Gasteiger partial charge in [-0.05, 0) is 43.2 Å². The second-order valence-corrected chi connectivity index (χ2v) is 9.63. The van der Waals surface area contributed by atoms with Crippen LogP contribution in [0.2, 0.25) is 5.15 Å². The molecular formula is C24H27ClN6O3. The Morgan fingerprint density at radius 2 is 1.91 bits per heavy atom. The molecule has 0 spiro atoms. The largest absolute Gasteiger partial charge is 0.348 e. The minimum absolute atomic E-state index is 0.178. The van der Waals surface area contributed by atoms with Crippen LogP contribution in [0, 0.1) is 0 Å². The topological polar surface area (TPSA) is 122 Å². The summed E-state index contributed by atoms with van der Waals surface area (Å²) in [6.45, 7) is 0.816. The van der Waals surface area contributed by atoms with Crippen LogP contribution in [0.25, 0.3) is 0 Å². The molecule has 0 radical (unpaired) electrons. The number of nitrogens with one attached hydrogen (secondary N) is 1. The molecule has 2 aliphatic heterocycles. The van der Waals surface area contributed by atoms with E-state index in [2.05, 4.69) is 20.2 Å². The number of carbonyl (C=O) groups excluding carboxylic acids is 3. The summed E-state index contributed by atoms with van der Waals surface area (Å²) < 4.78 is 0. The van der Waals surface area contributed by atoms with E-state index in [1.807, 2.05) is 18.2 Å². The SMILES string of the molecule is NC1CCC(N(Cc2cccc3c2C(=O)N(C2CCC(=O)NC2=O)C3)c2cncc(Cl)n2)CC1. The molecule has 1 aromatic carbocycles. The van der Waals surface area contributed by atoms with Crippen molar-refractivity contribution in [3.8, 4) is 0 Å². The monoisotopic (exact) mass is 482 g/mol. The quantitative estimate of drug-likeness (QED) is 0.626. The van der Waals surface area contributed by atoms with Crippen molar-refractivity contribution in [3.05, 3.63) is 52.4 Å². The van der Waals surface area contributed by atoms with Gasteiger partial charge in [-0.15, -0.1) is 0 Å². The zero-order valence-electron chi connectivity index (χ0n) is 18.7. The van der Waals surface area contributed by atoms with Crippen molar-refractivity contribution in [1.29, 1.82) is 0 Å². The van der Waals surface area contributed by atoms with Crippen LogP contribution in [0.1, 0.15) is 60.0 Å². The number of rotatable bonds is 5. The number of nitrogens with two attached hydrogens (primary N) is 1. The number of halogens is 1. The molecule has 3 heterocycles. The molecule has 178 valence electrons. The standard InChI is InChI=1S/C24H27ClN6O3/c25-19-10-27-11-20(28-19)30(17-6-4-16(26)5-7-17)12-14-2-1-3-15-13-31(24(34)22(14)15)18-8-9-21(32)29-23(18)33/h1-3,10-11,16-18H,4-9,12-13,26H2,(H,29,32,33). The van der Waals surface area contributed by atoms with Gasteiger partial charge in [-0.1, -0.05) is 29.8 Å². The predicted molar refractivity (Wildman–Crippen MR) is 126 cm³/mol. The van der Waals surface area contributed by atoms with Gasteiger partial charge in [-0.2, -0.15) is 0 Å². The van der Waals surface area contributed by atoms with E-state index in [9.17, 15) is 14.4 Å². The number of benzene rings is 1. The van der Waals surface area contributed by atoms with E-state index < -0.39 is 11.9 Å². The molecule has 1 aromatic heterocycles. The molecule has 2 aromatic rings. The summed E-state index contributed by atoms with van der Waals surface area (Å²) in [7, 11) is 0. The lowest BCUT2D eigenvalue weighted by atomic mass is 9.90. The Labute approximate surface area is 202 Å². The van der Waals surface area contributed by atoms with Crippen molar-refractivity contribution >= 4 is 35.1 Å². The van der Waals surface area contributed by atoms with Crippen LogP contribution in [-0.4, -0.2) is 50.7 Å². The van der Waals surface area contributed by atoms with Gasteiger partial charge in [-0.3, -0.25) is 24.7 Å². The number of hydrogen-bond acceptors (Lipinski definition) is 7. The Kier molecular flexibility index (Phi) is 6.22. The summed E-state index contributed by atoms with van der Waals surface area (Å²) in [5.74, 6) is -0.217.